The molecule has 0 spiro atoms. The third-order valence-electron chi connectivity index (χ3n) is 3.04. The largest absolute Gasteiger partial charge is 0.389 e. The van der Waals surface area contributed by atoms with Crippen LogP contribution in [0.5, 0.6) is 0 Å². The second-order valence-electron chi connectivity index (χ2n) is 4.71. The molecule has 0 saturated heterocycles. The molecule has 0 aliphatic carbocycles. The van der Waals surface area contributed by atoms with Crippen molar-refractivity contribution in [1.29, 1.82) is 0 Å². The van der Waals surface area contributed by atoms with Gasteiger partial charge in [0.2, 0.25) is 0 Å². The van der Waals surface area contributed by atoms with Gasteiger partial charge in [-0.3, -0.25) is 0 Å². The third-order valence-corrected chi connectivity index (χ3v) is 3.37. The molecule has 2 amide bonds. The second-order valence-corrected chi connectivity index (χ2v) is 5.11. The Morgan fingerprint density at radius 3 is 2.48 bits per heavy atom. The second kappa shape index (κ2) is 7.11. The number of amides is 2. The van der Waals surface area contributed by atoms with Crippen molar-refractivity contribution in [3.8, 4) is 0 Å². The number of urea groups is 1. The van der Waals surface area contributed by atoms with Crippen molar-refractivity contribution in [3.63, 3.8) is 0 Å². The molecule has 5 heteroatoms. The lowest BCUT2D eigenvalue weighted by atomic mass is 10.1. The maximum atomic E-state index is 11.8. The van der Waals surface area contributed by atoms with E-state index in [-0.39, 0.29) is 6.03 Å². The van der Waals surface area contributed by atoms with Gasteiger partial charge in [-0.1, -0.05) is 48.0 Å². The van der Waals surface area contributed by atoms with Crippen molar-refractivity contribution in [3.05, 3.63) is 64.7 Å². The number of rotatable bonds is 4. The monoisotopic (exact) mass is 304 g/mol. The zero-order chi connectivity index (χ0) is 15.2. The predicted molar refractivity (Wildman–Crippen MR) is 84.4 cm³/mol. The first-order valence-electron chi connectivity index (χ1n) is 6.62. The van der Waals surface area contributed by atoms with Gasteiger partial charge in [-0.05, 0) is 30.2 Å². The molecule has 3 N–H and O–H groups in total. The molecular weight excluding hydrogens is 288 g/mol. The van der Waals surface area contributed by atoms with Crippen LogP contribution in [0.15, 0.2) is 48.5 Å². The van der Waals surface area contributed by atoms with E-state index in [0.29, 0.717) is 17.3 Å². The number of anilines is 1. The SMILES string of the molecule is C[C@@H](O)c1ccc(CNC(=O)Nc2ccccc2Cl)cc1. The highest BCUT2D eigenvalue weighted by molar-refractivity contribution is 6.33. The van der Waals surface area contributed by atoms with Gasteiger partial charge in [-0.2, -0.15) is 0 Å². The average molecular weight is 305 g/mol. The van der Waals surface area contributed by atoms with Gasteiger partial charge in [0.1, 0.15) is 0 Å². The van der Waals surface area contributed by atoms with E-state index >= 15 is 0 Å². The first-order valence-corrected chi connectivity index (χ1v) is 7.00. The Labute approximate surface area is 128 Å². The summed E-state index contributed by atoms with van der Waals surface area (Å²) in [5.74, 6) is 0. The van der Waals surface area contributed by atoms with E-state index in [1.54, 1.807) is 31.2 Å². The zero-order valence-electron chi connectivity index (χ0n) is 11.6. The molecule has 2 aromatic rings. The minimum atomic E-state index is -0.490. The predicted octanol–water partition coefficient (Wildman–Crippen LogP) is 3.72. The number of carbonyl (C=O) groups is 1. The van der Waals surface area contributed by atoms with Crippen molar-refractivity contribution >= 4 is 23.3 Å². The smallest absolute Gasteiger partial charge is 0.319 e. The van der Waals surface area contributed by atoms with Crippen LogP contribution in [-0.2, 0) is 6.54 Å². The molecule has 2 rings (SSSR count). The fraction of sp³-hybridized carbons (Fsp3) is 0.188. The van der Waals surface area contributed by atoms with Crippen LogP contribution < -0.4 is 10.6 Å². The van der Waals surface area contributed by atoms with Gasteiger partial charge in [-0.25, -0.2) is 4.79 Å². The van der Waals surface area contributed by atoms with Crippen molar-refractivity contribution in [2.24, 2.45) is 0 Å². The van der Waals surface area contributed by atoms with E-state index in [0.717, 1.165) is 11.1 Å². The maximum Gasteiger partial charge on any atom is 0.319 e. The fourth-order valence-electron chi connectivity index (χ4n) is 1.83. The van der Waals surface area contributed by atoms with Crippen LogP contribution in [0.4, 0.5) is 10.5 Å². The van der Waals surface area contributed by atoms with Crippen molar-refractivity contribution in [2.45, 2.75) is 19.6 Å². The summed E-state index contributed by atoms with van der Waals surface area (Å²) in [6, 6.07) is 14.2. The summed E-state index contributed by atoms with van der Waals surface area (Å²) in [4.78, 5) is 11.8. The van der Waals surface area contributed by atoms with Crippen LogP contribution in [0.25, 0.3) is 0 Å². The Kier molecular flexibility index (Phi) is 5.20. The van der Waals surface area contributed by atoms with E-state index < -0.39 is 6.10 Å². The van der Waals surface area contributed by atoms with E-state index in [9.17, 15) is 9.90 Å². The molecule has 0 unspecified atom stereocenters. The quantitative estimate of drug-likeness (QED) is 0.806. The lowest BCUT2D eigenvalue weighted by Gasteiger charge is -2.10. The number of hydrogen-bond acceptors (Lipinski definition) is 2. The highest BCUT2D eigenvalue weighted by Gasteiger charge is 2.05. The average Bonchev–Trinajstić information content (AvgIpc) is 2.48. The summed E-state index contributed by atoms with van der Waals surface area (Å²) in [7, 11) is 0. The number of benzene rings is 2. The molecule has 4 nitrogen and oxygen atoms in total. The number of hydrogen-bond donors (Lipinski definition) is 3. The number of carbonyl (C=O) groups excluding carboxylic acids is 1. The Hall–Kier alpha value is -2.04. The first kappa shape index (κ1) is 15.4. The third kappa shape index (κ3) is 4.48. The van der Waals surface area contributed by atoms with Gasteiger partial charge in [0.15, 0.2) is 0 Å². The molecule has 0 bridgehead atoms. The summed E-state index contributed by atoms with van der Waals surface area (Å²) in [6.45, 7) is 2.11. The van der Waals surface area contributed by atoms with Gasteiger partial charge in [0.05, 0.1) is 16.8 Å². The molecule has 2 aromatic carbocycles. The number of para-hydroxylation sites is 1. The lowest BCUT2D eigenvalue weighted by Crippen LogP contribution is -2.28. The van der Waals surface area contributed by atoms with Crippen LogP contribution in [0.1, 0.15) is 24.2 Å². The van der Waals surface area contributed by atoms with Gasteiger partial charge in [0.25, 0.3) is 0 Å². The summed E-state index contributed by atoms with van der Waals surface area (Å²) < 4.78 is 0. The number of nitrogens with one attached hydrogen (secondary N) is 2. The molecule has 21 heavy (non-hydrogen) atoms. The fourth-order valence-corrected chi connectivity index (χ4v) is 2.01. The van der Waals surface area contributed by atoms with Crippen LogP contribution in [0.3, 0.4) is 0 Å². The Balaban J connectivity index is 1.88. The van der Waals surface area contributed by atoms with Crippen LogP contribution in [0, 0.1) is 0 Å². The number of aliphatic hydroxyl groups is 1. The van der Waals surface area contributed by atoms with Gasteiger partial charge < -0.3 is 15.7 Å². The highest BCUT2D eigenvalue weighted by atomic mass is 35.5. The van der Waals surface area contributed by atoms with Crippen LogP contribution in [-0.4, -0.2) is 11.1 Å². The summed E-state index contributed by atoms with van der Waals surface area (Å²) in [5.41, 5.74) is 2.37. The van der Waals surface area contributed by atoms with E-state index in [1.807, 2.05) is 24.3 Å². The molecule has 0 aromatic heterocycles. The van der Waals surface area contributed by atoms with E-state index in [1.165, 1.54) is 0 Å². The molecule has 0 fully saturated rings. The molecule has 0 aliphatic heterocycles. The Morgan fingerprint density at radius 2 is 1.86 bits per heavy atom. The molecule has 0 aliphatic rings. The molecule has 0 heterocycles. The normalized spacial score (nSPS) is 11.8. The van der Waals surface area contributed by atoms with Gasteiger partial charge in [0, 0.05) is 6.54 Å². The Bertz CT molecular complexity index is 612. The van der Waals surface area contributed by atoms with Crippen molar-refractivity contribution in [1.82, 2.24) is 5.32 Å². The van der Waals surface area contributed by atoms with Gasteiger partial charge in [-0.15, -0.1) is 0 Å². The summed E-state index contributed by atoms with van der Waals surface area (Å²) >= 11 is 5.97. The van der Waals surface area contributed by atoms with Gasteiger partial charge >= 0.3 is 6.03 Å². The molecule has 1 atom stereocenters. The molecule has 0 saturated carbocycles. The summed E-state index contributed by atoms with van der Waals surface area (Å²) in [6.07, 6.45) is -0.490. The van der Waals surface area contributed by atoms with Crippen molar-refractivity contribution in [2.75, 3.05) is 5.32 Å². The molecule has 110 valence electrons. The van der Waals surface area contributed by atoms with Crippen molar-refractivity contribution < 1.29 is 9.90 Å². The maximum absolute atomic E-state index is 11.8. The number of halogens is 1. The first-order chi connectivity index (χ1) is 10.1. The van der Waals surface area contributed by atoms with E-state index in [4.69, 9.17) is 11.6 Å². The highest BCUT2D eigenvalue weighted by Crippen LogP contribution is 2.20. The number of aliphatic hydroxyl groups excluding tert-OH is 1. The zero-order valence-corrected chi connectivity index (χ0v) is 12.4. The topological polar surface area (TPSA) is 61.4 Å². The lowest BCUT2D eigenvalue weighted by molar-refractivity contribution is 0.199. The molecule has 0 radical (unpaired) electrons. The Morgan fingerprint density at radius 1 is 1.19 bits per heavy atom. The van der Waals surface area contributed by atoms with Crippen LogP contribution in [0.2, 0.25) is 5.02 Å². The summed E-state index contributed by atoms with van der Waals surface area (Å²) in [5, 5.41) is 15.4. The standard InChI is InChI=1S/C16H17ClN2O2/c1-11(20)13-8-6-12(7-9-13)10-18-16(21)19-15-5-3-2-4-14(15)17/h2-9,11,20H,10H2,1H3,(H2,18,19,21)/t11-/m1/s1. The van der Waals surface area contributed by atoms with E-state index in [2.05, 4.69) is 10.6 Å². The van der Waals surface area contributed by atoms with Crippen LogP contribution >= 0.6 is 11.6 Å². The minimum Gasteiger partial charge on any atom is -0.389 e. The molecular formula is C16H17ClN2O2. The minimum absolute atomic E-state index is 0.317.